The van der Waals surface area contributed by atoms with Gasteiger partial charge < -0.3 is 10.7 Å². The lowest BCUT2D eigenvalue weighted by molar-refractivity contribution is 0.142. The SMILES string of the molecule is NCC1(Cc2nc3cc(Cl)c(Cl)cc3[nH]2)CCC1. The highest BCUT2D eigenvalue weighted by molar-refractivity contribution is 6.42. The Balaban J connectivity index is 1.93. The number of hydrogen-bond donors (Lipinski definition) is 2. The van der Waals surface area contributed by atoms with Gasteiger partial charge in [-0.05, 0) is 36.9 Å². The summed E-state index contributed by atoms with van der Waals surface area (Å²) in [6.45, 7) is 0.728. The van der Waals surface area contributed by atoms with Crippen LogP contribution in [0.5, 0.6) is 0 Å². The third-order valence-electron chi connectivity index (χ3n) is 3.96. The van der Waals surface area contributed by atoms with Crippen LogP contribution in [-0.2, 0) is 6.42 Å². The Morgan fingerprint density at radius 2 is 2.00 bits per heavy atom. The van der Waals surface area contributed by atoms with E-state index in [2.05, 4.69) is 9.97 Å². The molecule has 18 heavy (non-hydrogen) atoms. The van der Waals surface area contributed by atoms with E-state index in [0.717, 1.165) is 29.8 Å². The first-order chi connectivity index (χ1) is 8.62. The molecule has 3 nitrogen and oxygen atoms in total. The molecule has 1 aromatic heterocycles. The van der Waals surface area contributed by atoms with Crippen LogP contribution < -0.4 is 5.73 Å². The van der Waals surface area contributed by atoms with E-state index in [4.69, 9.17) is 28.9 Å². The summed E-state index contributed by atoms with van der Waals surface area (Å²) in [6.07, 6.45) is 4.58. The van der Waals surface area contributed by atoms with Crippen molar-refractivity contribution in [3.63, 3.8) is 0 Å². The van der Waals surface area contributed by atoms with Crippen molar-refractivity contribution in [2.45, 2.75) is 25.7 Å². The zero-order valence-corrected chi connectivity index (χ0v) is 11.5. The number of halogens is 2. The van der Waals surface area contributed by atoms with Crippen LogP contribution >= 0.6 is 23.2 Å². The third-order valence-corrected chi connectivity index (χ3v) is 4.68. The summed E-state index contributed by atoms with van der Waals surface area (Å²) in [5.41, 5.74) is 7.93. The van der Waals surface area contributed by atoms with Gasteiger partial charge in [0.15, 0.2) is 0 Å². The minimum atomic E-state index is 0.251. The Morgan fingerprint density at radius 3 is 2.61 bits per heavy atom. The molecule has 0 saturated heterocycles. The predicted octanol–water partition coefficient (Wildman–Crippen LogP) is 3.54. The Kier molecular flexibility index (Phi) is 3.00. The molecule has 2 aromatic rings. The van der Waals surface area contributed by atoms with Gasteiger partial charge in [0.25, 0.3) is 0 Å². The highest BCUT2D eigenvalue weighted by Crippen LogP contribution is 2.42. The summed E-state index contributed by atoms with van der Waals surface area (Å²) in [4.78, 5) is 7.89. The van der Waals surface area contributed by atoms with Crippen LogP contribution in [0.3, 0.4) is 0 Å². The lowest BCUT2D eigenvalue weighted by atomic mass is 9.66. The molecule has 1 aliphatic carbocycles. The molecular weight excluding hydrogens is 269 g/mol. The molecular formula is C13H15Cl2N3. The lowest BCUT2D eigenvalue weighted by Crippen LogP contribution is -2.39. The van der Waals surface area contributed by atoms with Crippen molar-refractivity contribution in [2.75, 3.05) is 6.54 Å². The standard InChI is InChI=1S/C13H15Cl2N3/c14-8-4-10-11(5-9(8)15)18-12(17-10)6-13(7-16)2-1-3-13/h4-5H,1-3,6-7,16H2,(H,17,18). The Labute approximate surface area is 116 Å². The molecule has 1 aliphatic rings. The van der Waals surface area contributed by atoms with Gasteiger partial charge in [-0.25, -0.2) is 4.98 Å². The molecule has 0 unspecified atom stereocenters. The molecule has 1 saturated carbocycles. The summed E-state index contributed by atoms with van der Waals surface area (Å²) in [5, 5.41) is 1.09. The topological polar surface area (TPSA) is 54.7 Å². The average Bonchev–Trinajstić information content (AvgIpc) is 2.66. The maximum absolute atomic E-state index is 6.00. The van der Waals surface area contributed by atoms with Crippen molar-refractivity contribution >= 4 is 34.2 Å². The molecule has 3 N–H and O–H groups in total. The molecule has 96 valence electrons. The van der Waals surface area contributed by atoms with Gasteiger partial charge in [0, 0.05) is 6.42 Å². The molecule has 1 fully saturated rings. The van der Waals surface area contributed by atoms with Crippen molar-refractivity contribution in [2.24, 2.45) is 11.1 Å². The lowest BCUT2D eigenvalue weighted by Gasteiger charge is -2.40. The number of benzene rings is 1. The van der Waals surface area contributed by atoms with Gasteiger partial charge in [0.2, 0.25) is 0 Å². The predicted molar refractivity (Wildman–Crippen MR) is 75.2 cm³/mol. The second-order valence-electron chi connectivity index (χ2n) is 5.20. The van der Waals surface area contributed by atoms with E-state index in [1.807, 2.05) is 6.07 Å². The maximum atomic E-state index is 6.00. The van der Waals surface area contributed by atoms with Crippen LogP contribution in [0, 0.1) is 5.41 Å². The zero-order valence-electron chi connectivity index (χ0n) is 9.97. The highest BCUT2D eigenvalue weighted by atomic mass is 35.5. The van der Waals surface area contributed by atoms with Gasteiger partial charge in [-0.15, -0.1) is 0 Å². The van der Waals surface area contributed by atoms with Gasteiger partial charge in [0.1, 0.15) is 5.82 Å². The number of imidazole rings is 1. The van der Waals surface area contributed by atoms with E-state index in [1.54, 1.807) is 6.07 Å². The number of H-pyrrole nitrogens is 1. The van der Waals surface area contributed by atoms with Gasteiger partial charge in [0.05, 0.1) is 21.1 Å². The Hall–Kier alpha value is -0.770. The number of aromatic amines is 1. The number of rotatable bonds is 3. The molecule has 0 spiro atoms. The average molecular weight is 284 g/mol. The summed E-state index contributed by atoms with van der Waals surface area (Å²) in [7, 11) is 0. The smallest absolute Gasteiger partial charge is 0.107 e. The number of nitrogens with two attached hydrogens (primary N) is 1. The number of aromatic nitrogens is 2. The fourth-order valence-corrected chi connectivity index (χ4v) is 2.95. The molecule has 1 heterocycles. The van der Waals surface area contributed by atoms with E-state index >= 15 is 0 Å². The molecule has 0 bridgehead atoms. The van der Waals surface area contributed by atoms with Crippen LogP contribution in [0.4, 0.5) is 0 Å². The van der Waals surface area contributed by atoms with Crippen molar-refractivity contribution in [3.8, 4) is 0 Å². The first kappa shape index (κ1) is 12.3. The molecule has 0 aliphatic heterocycles. The van der Waals surface area contributed by atoms with E-state index in [9.17, 15) is 0 Å². The zero-order chi connectivity index (χ0) is 12.8. The van der Waals surface area contributed by atoms with E-state index in [0.29, 0.717) is 10.0 Å². The molecule has 0 atom stereocenters. The Morgan fingerprint density at radius 1 is 1.28 bits per heavy atom. The van der Waals surface area contributed by atoms with Crippen LogP contribution in [0.1, 0.15) is 25.1 Å². The van der Waals surface area contributed by atoms with Gasteiger partial charge in [-0.2, -0.15) is 0 Å². The van der Waals surface area contributed by atoms with E-state index in [-0.39, 0.29) is 5.41 Å². The summed E-state index contributed by atoms with van der Waals surface area (Å²) < 4.78 is 0. The largest absolute Gasteiger partial charge is 0.342 e. The van der Waals surface area contributed by atoms with Crippen molar-refractivity contribution in [1.29, 1.82) is 0 Å². The summed E-state index contributed by atoms with van der Waals surface area (Å²) >= 11 is 12.0. The Bertz CT molecular complexity index is 543. The second kappa shape index (κ2) is 4.41. The number of nitrogens with zero attached hydrogens (tertiary/aromatic N) is 1. The fourth-order valence-electron chi connectivity index (χ4n) is 2.63. The first-order valence-corrected chi connectivity index (χ1v) is 6.91. The van der Waals surface area contributed by atoms with Crippen molar-refractivity contribution in [3.05, 3.63) is 28.0 Å². The minimum absolute atomic E-state index is 0.251. The number of nitrogens with one attached hydrogen (secondary N) is 1. The van der Waals surface area contributed by atoms with Crippen molar-refractivity contribution < 1.29 is 0 Å². The normalized spacial score (nSPS) is 17.9. The highest BCUT2D eigenvalue weighted by Gasteiger charge is 2.36. The molecule has 0 amide bonds. The first-order valence-electron chi connectivity index (χ1n) is 6.16. The van der Waals surface area contributed by atoms with Crippen molar-refractivity contribution in [1.82, 2.24) is 9.97 Å². The number of fused-ring (bicyclic) bond motifs is 1. The summed E-state index contributed by atoms with van der Waals surface area (Å²) in [5.74, 6) is 0.980. The van der Waals surface area contributed by atoms with Crippen LogP contribution in [-0.4, -0.2) is 16.5 Å². The number of hydrogen-bond acceptors (Lipinski definition) is 2. The molecule has 1 aromatic carbocycles. The fraction of sp³-hybridized carbons (Fsp3) is 0.462. The van der Waals surface area contributed by atoms with Crippen LogP contribution in [0.2, 0.25) is 10.0 Å². The quantitative estimate of drug-likeness (QED) is 0.905. The summed E-state index contributed by atoms with van der Waals surface area (Å²) in [6, 6.07) is 3.63. The van der Waals surface area contributed by atoms with Gasteiger partial charge in [-0.1, -0.05) is 29.6 Å². The second-order valence-corrected chi connectivity index (χ2v) is 6.02. The molecule has 3 rings (SSSR count). The monoisotopic (exact) mass is 283 g/mol. The van der Waals surface area contributed by atoms with Crippen LogP contribution in [0.15, 0.2) is 12.1 Å². The third kappa shape index (κ3) is 2.00. The van der Waals surface area contributed by atoms with Gasteiger partial charge >= 0.3 is 0 Å². The van der Waals surface area contributed by atoms with E-state index < -0.39 is 0 Å². The minimum Gasteiger partial charge on any atom is -0.342 e. The molecule has 0 radical (unpaired) electrons. The van der Waals surface area contributed by atoms with E-state index in [1.165, 1.54) is 19.3 Å². The van der Waals surface area contributed by atoms with Gasteiger partial charge in [-0.3, -0.25) is 0 Å². The molecule has 5 heteroatoms. The maximum Gasteiger partial charge on any atom is 0.107 e. The van der Waals surface area contributed by atoms with Crippen LogP contribution in [0.25, 0.3) is 11.0 Å².